The monoisotopic (exact) mass is 234 g/mol. The molecule has 1 aromatic rings. The van der Waals surface area contributed by atoms with Gasteiger partial charge in [0.2, 0.25) is 0 Å². The van der Waals surface area contributed by atoms with E-state index >= 15 is 0 Å². The van der Waals surface area contributed by atoms with Crippen LogP contribution in [0.3, 0.4) is 0 Å². The van der Waals surface area contributed by atoms with Crippen molar-refractivity contribution < 1.29 is 5.11 Å². The molecule has 0 saturated heterocycles. The van der Waals surface area contributed by atoms with Gasteiger partial charge < -0.3 is 10.0 Å². The fourth-order valence-electron chi connectivity index (χ4n) is 2.66. The number of pyridine rings is 1. The number of nitrogens with zero attached hydrogens (tertiary/aromatic N) is 2. The van der Waals surface area contributed by atoms with Crippen molar-refractivity contribution in [1.82, 2.24) is 9.88 Å². The maximum absolute atomic E-state index is 9.66. The van der Waals surface area contributed by atoms with E-state index in [-0.39, 0.29) is 6.10 Å². The highest BCUT2D eigenvalue weighted by atomic mass is 16.3. The first-order valence-electron chi connectivity index (χ1n) is 6.35. The van der Waals surface area contributed by atoms with Gasteiger partial charge in [-0.1, -0.05) is 6.07 Å². The minimum absolute atomic E-state index is 0.117. The van der Waals surface area contributed by atoms with E-state index in [0.29, 0.717) is 5.92 Å². The molecule has 1 heterocycles. The van der Waals surface area contributed by atoms with Gasteiger partial charge in [0.15, 0.2) is 0 Å². The molecule has 1 N–H and O–H groups in total. The Labute approximate surface area is 103 Å². The molecule has 0 spiro atoms. The summed E-state index contributed by atoms with van der Waals surface area (Å²) in [6.07, 6.45) is 2.80. The average Bonchev–Trinajstić information content (AvgIpc) is 2.64. The third-order valence-electron chi connectivity index (χ3n) is 3.46. The molecule has 17 heavy (non-hydrogen) atoms. The van der Waals surface area contributed by atoms with Gasteiger partial charge in [0.05, 0.1) is 11.8 Å². The molecule has 1 aliphatic carbocycles. The van der Waals surface area contributed by atoms with E-state index in [0.717, 1.165) is 31.5 Å². The van der Waals surface area contributed by atoms with Gasteiger partial charge >= 0.3 is 0 Å². The number of hydrogen-bond acceptors (Lipinski definition) is 3. The first-order valence-corrected chi connectivity index (χ1v) is 6.35. The Balaban J connectivity index is 2.25. The van der Waals surface area contributed by atoms with Crippen LogP contribution in [-0.2, 0) is 6.54 Å². The third kappa shape index (κ3) is 3.05. The quantitative estimate of drug-likeness (QED) is 0.870. The maximum Gasteiger partial charge on any atom is 0.0581 e. The summed E-state index contributed by atoms with van der Waals surface area (Å²) >= 11 is 0. The summed E-state index contributed by atoms with van der Waals surface area (Å²) in [6, 6.07) is 4.28. The Hall–Kier alpha value is -0.930. The van der Waals surface area contributed by atoms with Crippen LogP contribution in [0, 0.1) is 6.92 Å². The van der Waals surface area contributed by atoms with Crippen LogP contribution in [-0.4, -0.2) is 35.2 Å². The van der Waals surface area contributed by atoms with Crippen LogP contribution in [0.1, 0.15) is 42.1 Å². The molecule has 94 valence electrons. The molecule has 1 aromatic heterocycles. The van der Waals surface area contributed by atoms with E-state index in [1.165, 1.54) is 11.3 Å². The third-order valence-corrected chi connectivity index (χ3v) is 3.46. The fourth-order valence-corrected chi connectivity index (χ4v) is 2.66. The minimum Gasteiger partial charge on any atom is -0.393 e. The van der Waals surface area contributed by atoms with Crippen LogP contribution in [0.2, 0.25) is 0 Å². The fraction of sp³-hybridized carbons (Fsp3) is 0.643. The number of aliphatic hydroxyl groups is 1. The molecule has 2 rings (SSSR count). The molecular formula is C14H22N2O. The van der Waals surface area contributed by atoms with Crippen molar-refractivity contribution in [2.24, 2.45) is 0 Å². The first kappa shape index (κ1) is 12.5. The molecule has 1 saturated carbocycles. The number of aromatic nitrogens is 1. The van der Waals surface area contributed by atoms with Crippen molar-refractivity contribution in [3.05, 3.63) is 29.1 Å². The van der Waals surface area contributed by atoms with Gasteiger partial charge in [-0.25, -0.2) is 0 Å². The van der Waals surface area contributed by atoms with Gasteiger partial charge in [0.25, 0.3) is 0 Å². The van der Waals surface area contributed by atoms with E-state index in [1.54, 1.807) is 0 Å². The van der Waals surface area contributed by atoms with Crippen LogP contribution in [0.5, 0.6) is 0 Å². The minimum atomic E-state index is -0.117. The Morgan fingerprint density at radius 1 is 1.35 bits per heavy atom. The Bertz CT molecular complexity index is 390. The van der Waals surface area contributed by atoms with Gasteiger partial charge in [-0.2, -0.15) is 0 Å². The van der Waals surface area contributed by atoms with Crippen molar-refractivity contribution in [1.29, 1.82) is 0 Å². The highest BCUT2D eigenvalue weighted by Gasteiger charge is 2.26. The van der Waals surface area contributed by atoms with Crippen molar-refractivity contribution in [2.75, 3.05) is 14.1 Å². The Kier molecular flexibility index (Phi) is 3.79. The van der Waals surface area contributed by atoms with Gasteiger partial charge in [-0.15, -0.1) is 0 Å². The van der Waals surface area contributed by atoms with Crippen molar-refractivity contribution in [3.8, 4) is 0 Å². The van der Waals surface area contributed by atoms with E-state index in [9.17, 15) is 5.11 Å². The van der Waals surface area contributed by atoms with Gasteiger partial charge in [-0.05, 0) is 57.8 Å². The SMILES string of the molecule is Cc1ccc([C@H]2CC[C@H](O)C2)c(CN(C)C)n1. The highest BCUT2D eigenvalue weighted by Crippen LogP contribution is 2.35. The number of hydrogen-bond donors (Lipinski definition) is 1. The van der Waals surface area contributed by atoms with Crippen LogP contribution < -0.4 is 0 Å². The molecule has 3 nitrogen and oxygen atoms in total. The molecule has 1 fully saturated rings. The van der Waals surface area contributed by atoms with Gasteiger partial charge in [0, 0.05) is 12.2 Å². The second-order valence-corrected chi connectivity index (χ2v) is 5.39. The molecular weight excluding hydrogens is 212 g/mol. The zero-order valence-electron chi connectivity index (χ0n) is 11.0. The standard InChI is InChI=1S/C14H22N2O/c1-10-4-7-13(11-5-6-12(17)8-11)14(15-10)9-16(2)3/h4,7,11-12,17H,5-6,8-9H2,1-3H3/t11-,12-/m0/s1. The molecule has 0 aromatic carbocycles. The van der Waals surface area contributed by atoms with E-state index < -0.39 is 0 Å². The van der Waals surface area contributed by atoms with Crippen LogP contribution in [0.15, 0.2) is 12.1 Å². The van der Waals surface area contributed by atoms with E-state index in [1.807, 2.05) is 6.92 Å². The van der Waals surface area contributed by atoms with Gasteiger partial charge in [0.1, 0.15) is 0 Å². The lowest BCUT2D eigenvalue weighted by Gasteiger charge is -2.18. The second-order valence-electron chi connectivity index (χ2n) is 5.39. The predicted octanol–water partition coefficient (Wildman–Crippen LogP) is 2.08. The van der Waals surface area contributed by atoms with Gasteiger partial charge in [-0.3, -0.25) is 4.98 Å². The summed E-state index contributed by atoms with van der Waals surface area (Å²) in [4.78, 5) is 6.81. The molecule has 3 heteroatoms. The van der Waals surface area contributed by atoms with Crippen molar-refractivity contribution in [3.63, 3.8) is 0 Å². The maximum atomic E-state index is 9.66. The number of rotatable bonds is 3. The molecule has 2 atom stereocenters. The van der Waals surface area contributed by atoms with Crippen molar-refractivity contribution >= 4 is 0 Å². The lowest BCUT2D eigenvalue weighted by atomic mass is 9.95. The zero-order valence-corrected chi connectivity index (χ0v) is 11.0. The number of aliphatic hydroxyl groups excluding tert-OH is 1. The molecule has 0 aliphatic heterocycles. The van der Waals surface area contributed by atoms with Crippen LogP contribution >= 0.6 is 0 Å². The lowest BCUT2D eigenvalue weighted by molar-refractivity contribution is 0.181. The smallest absolute Gasteiger partial charge is 0.0581 e. The zero-order chi connectivity index (χ0) is 12.4. The molecule has 0 unspecified atom stereocenters. The summed E-state index contributed by atoms with van der Waals surface area (Å²) in [7, 11) is 4.13. The second kappa shape index (κ2) is 5.15. The Morgan fingerprint density at radius 2 is 2.12 bits per heavy atom. The topological polar surface area (TPSA) is 36.4 Å². The summed E-state index contributed by atoms with van der Waals surface area (Å²) in [6.45, 7) is 2.91. The summed E-state index contributed by atoms with van der Waals surface area (Å²) in [5.74, 6) is 0.494. The molecule has 0 bridgehead atoms. The molecule has 0 radical (unpaired) electrons. The van der Waals surface area contributed by atoms with Crippen molar-refractivity contribution in [2.45, 2.75) is 44.8 Å². The summed E-state index contributed by atoms with van der Waals surface area (Å²) in [5.41, 5.74) is 3.58. The largest absolute Gasteiger partial charge is 0.393 e. The van der Waals surface area contributed by atoms with Crippen LogP contribution in [0.25, 0.3) is 0 Å². The average molecular weight is 234 g/mol. The molecule has 0 amide bonds. The highest BCUT2D eigenvalue weighted by molar-refractivity contribution is 5.27. The van der Waals surface area contributed by atoms with E-state index in [2.05, 4.69) is 36.1 Å². The normalized spacial score (nSPS) is 24.5. The van der Waals surface area contributed by atoms with E-state index in [4.69, 9.17) is 0 Å². The summed E-state index contributed by atoms with van der Waals surface area (Å²) < 4.78 is 0. The first-order chi connectivity index (χ1) is 8.06. The number of aryl methyl sites for hydroxylation is 1. The lowest BCUT2D eigenvalue weighted by Crippen LogP contribution is -2.15. The van der Waals surface area contributed by atoms with Crippen LogP contribution in [0.4, 0.5) is 0 Å². The Morgan fingerprint density at radius 3 is 2.71 bits per heavy atom. The summed E-state index contributed by atoms with van der Waals surface area (Å²) in [5, 5.41) is 9.66. The predicted molar refractivity (Wildman–Crippen MR) is 69.0 cm³/mol. The molecule has 1 aliphatic rings.